The Kier molecular flexibility index (Phi) is 3.38. The zero-order valence-electron chi connectivity index (χ0n) is 10.6. The number of nitrogens with zero attached hydrogens (tertiary/aromatic N) is 4. The van der Waals surface area contributed by atoms with Crippen LogP contribution in [0.25, 0.3) is 5.69 Å². The van der Waals surface area contributed by atoms with Gasteiger partial charge in [-0.25, -0.2) is 9.07 Å². The minimum atomic E-state index is -0.492. The normalized spacial score (nSPS) is 18.1. The van der Waals surface area contributed by atoms with Crippen molar-refractivity contribution in [2.24, 2.45) is 0 Å². The molecule has 0 aliphatic carbocycles. The predicted octanol–water partition coefficient (Wildman–Crippen LogP) is 0.492. The van der Waals surface area contributed by atoms with Gasteiger partial charge in [0.15, 0.2) is 0 Å². The number of carbonyl (C=O) groups excluding carboxylic acids is 1. The second kappa shape index (κ2) is 5.33. The number of anilines is 1. The first-order valence-corrected chi connectivity index (χ1v) is 6.31. The molecule has 8 heteroatoms. The number of benzene rings is 1. The van der Waals surface area contributed by atoms with Gasteiger partial charge in [-0.05, 0) is 48.0 Å². The van der Waals surface area contributed by atoms with Crippen LogP contribution in [0.2, 0.25) is 0 Å². The van der Waals surface area contributed by atoms with Crippen molar-refractivity contribution in [3.8, 4) is 5.69 Å². The molecule has 1 aliphatic heterocycles. The number of rotatable bonds is 3. The summed E-state index contributed by atoms with van der Waals surface area (Å²) in [4.78, 5) is 12.0. The Balaban J connectivity index is 1.81. The number of nitrogens with one attached hydrogen (secondary N) is 2. The molecular formula is C12H13FN6O. The molecule has 1 aromatic heterocycles. The van der Waals surface area contributed by atoms with Crippen LogP contribution in [0.3, 0.4) is 0 Å². The smallest absolute Gasteiger partial charge is 0.241 e. The van der Waals surface area contributed by atoms with Gasteiger partial charge in [-0.1, -0.05) is 0 Å². The number of halogens is 1. The fourth-order valence-electron chi connectivity index (χ4n) is 2.16. The molecule has 2 N–H and O–H groups in total. The Hall–Kier alpha value is -2.35. The van der Waals surface area contributed by atoms with Crippen LogP contribution >= 0.6 is 0 Å². The van der Waals surface area contributed by atoms with E-state index in [-0.39, 0.29) is 17.6 Å². The summed E-state index contributed by atoms with van der Waals surface area (Å²) in [7, 11) is 0. The number of tetrazole rings is 1. The molecule has 0 bridgehead atoms. The van der Waals surface area contributed by atoms with Gasteiger partial charge in [0, 0.05) is 0 Å². The topological polar surface area (TPSA) is 84.7 Å². The van der Waals surface area contributed by atoms with E-state index < -0.39 is 5.82 Å². The molecule has 1 fully saturated rings. The second-order valence-corrected chi connectivity index (χ2v) is 4.56. The van der Waals surface area contributed by atoms with Crippen molar-refractivity contribution < 1.29 is 9.18 Å². The largest absolute Gasteiger partial charge is 0.322 e. The van der Waals surface area contributed by atoms with Gasteiger partial charge in [0.05, 0.1) is 17.4 Å². The van der Waals surface area contributed by atoms with Crippen molar-refractivity contribution >= 4 is 11.6 Å². The van der Waals surface area contributed by atoms with E-state index in [1.165, 1.54) is 29.2 Å². The second-order valence-electron chi connectivity index (χ2n) is 4.56. The van der Waals surface area contributed by atoms with Crippen molar-refractivity contribution in [1.82, 2.24) is 25.5 Å². The molecule has 20 heavy (non-hydrogen) atoms. The average Bonchev–Trinajstić information content (AvgIpc) is 3.14. The monoisotopic (exact) mass is 276 g/mol. The standard InChI is InChI=1S/C12H13FN6O/c13-9-4-3-8(19-7-15-17-18-19)6-11(9)16-12(20)10-2-1-5-14-10/h3-4,6-7,10,14H,1-2,5H2,(H,16,20)/t10-/m1/s1. The van der Waals surface area contributed by atoms with E-state index in [4.69, 9.17) is 0 Å². The molecule has 1 aromatic carbocycles. The minimum Gasteiger partial charge on any atom is -0.322 e. The highest BCUT2D eigenvalue weighted by Crippen LogP contribution is 2.19. The third-order valence-electron chi connectivity index (χ3n) is 3.20. The summed E-state index contributed by atoms with van der Waals surface area (Å²) in [6.45, 7) is 0.811. The SMILES string of the molecule is O=C(Nc1cc(-n2cnnn2)ccc1F)[C@H]1CCCN1. The van der Waals surface area contributed by atoms with Crippen LogP contribution < -0.4 is 10.6 Å². The van der Waals surface area contributed by atoms with Gasteiger partial charge in [0.1, 0.15) is 12.1 Å². The maximum absolute atomic E-state index is 13.8. The highest BCUT2D eigenvalue weighted by atomic mass is 19.1. The van der Waals surface area contributed by atoms with Crippen LogP contribution in [0.5, 0.6) is 0 Å². The summed E-state index contributed by atoms with van der Waals surface area (Å²) in [5, 5.41) is 16.4. The zero-order chi connectivity index (χ0) is 13.9. The predicted molar refractivity (Wildman–Crippen MR) is 68.8 cm³/mol. The zero-order valence-corrected chi connectivity index (χ0v) is 10.6. The van der Waals surface area contributed by atoms with Crippen molar-refractivity contribution in [1.29, 1.82) is 0 Å². The average molecular weight is 276 g/mol. The van der Waals surface area contributed by atoms with Crippen molar-refractivity contribution in [2.45, 2.75) is 18.9 Å². The summed E-state index contributed by atoms with van der Waals surface area (Å²) >= 11 is 0. The third kappa shape index (κ3) is 2.50. The van der Waals surface area contributed by atoms with Crippen molar-refractivity contribution in [3.63, 3.8) is 0 Å². The number of hydrogen-bond donors (Lipinski definition) is 2. The van der Waals surface area contributed by atoms with Gasteiger partial charge < -0.3 is 10.6 Å². The van der Waals surface area contributed by atoms with Crippen LogP contribution in [0, 0.1) is 5.82 Å². The quantitative estimate of drug-likeness (QED) is 0.852. The molecule has 1 saturated heterocycles. The highest BCUT2D eigenvalue weighted by Gasteiger charge is 2.22. The fourth-order valence-corrected chi connectivity index (χ4v) is 2.16. The molecule has 2 heterocycles. The number of hydrogen-bond acceptors (Lipinski definition) is 5. The van der Waals surface area contributed by atoms with E-state index in [1.54, 1.807) is 0 Å². The molecule has 1 amide bonds. The molecule has 7 nitrogen and oxygen atoms in total. The van der Waals surface area contributed by atoms with E-state index in [0.717, 1.165) is 19.4 Å². The summed E-state index contributed by atoms with van der Waals surface area (Å²) in [6, 6.07) is 4.05. The van der Waals surface area contributed by atoms with E-state index in [0.29, 0.717) is 5.69 Å². The number of amides is 1. The Labute approximate surface area is 114 Å². The number of carbonyl (C=O) groups is 1. The molecule has 1 atom stereocenters. The maximum atomic E-state index is 13.8. The molecule has 3 rings (SSSR count). The first-order valence-electron chi connectivity index (χ1n) is 6.31. The Morgan fingerprint density at radius 1 is 1.50 bits per heavy atom. The first kappa shape index (κ1) is 12.7. The third-order valence-corrected chi connectivity index (χ3v) is 3.20. The maximum Gasteiger partial charge on any atom is 0.241 e. The van der Waals surface area contributed by atoms with E-state index in [1.807, 2.05) is 0 Å². The Bertz CT molecular complexity index is 608. The van der Waals surface area contributed by atoms with E-state index in [2.05, 4.69) is 26.2 Å². The van der Waals surface area contributed by atoms with Crippen molar-refractivity contribution in [2.75, 3.05) is 11.9 Å². The van der Waals surface area contributed by atoms with Gasteiger partial charge in [-0.3, -0.25) is 4.79 Å². The van der Waals surface area contributed by atoms with Crippen LogP contribution in [0.4, 0.5) is 10.1 Å². The number of aromatic nitrogens is 4. The summed E-state index contributed by atoms with van der Waals surface area (Å²) in [5.74, 6) is -0.719. The van der Waals surface area contributed by atoms with Crippen molar-refractivity contribution in [3.05, 3.63) is 30.3 Å². The molecule has 2 aromatic rings. The lowest BCUT2D eigenvalue weighted by atomic mass is 10.2. The van der Waals surface area contributed by atoms with E-state index >= 15 is 0 Å². The lowest BCUT2D eigenvalue weighted by Crippen LogP contribution is -2.35. The van der Waals surface area contributed by atoms with Gasteiger partial charge in [-0.2, -0.15) is 0 Å². The van der Waals surface area contributed by atoms with Crippen LogP contribution in [-0.4, -0.2) is 38.7 Å². The Morgan fingerprint density at radius 3 is 3.10 bits per heavy atom. The lowest BCUT2D eigenvalue weighted by Gasteiger charge is -2.12. The lowest BCUT2D eigenvalue weighted by molar-refractivity contribution is -0.117. The fraction of sp³-hybridized carbons (Fsp3) is 0.333. The molecule has 104 valence electrons. The molecule has 0 saturated carbocycles. The van der Waals surface area contributed by atoms with Crippen LogP contribution in [0.15, 0.2) is 24.5 Å². The van der Waals surface area contributed by atoms with Crippen LogP contribution in [0.1, 0.15) is 12.8 Å². The highest BCUT2D eigenvalue weighted by molar-refractivity contribution is 5.95. The Morgan fingerprint density at radius 2 is 2.40 bits per heavy atom. The van der Waals surface area contributed by atoms with Gasteiger partial charge in [0.2, 0.25) is 5.91 Å². The summed E-state index contributed by atoms with van der Waals surface area (Å²) < 4.78 is 15.2. The van der Waals surface area contributed by atoms with Gasteiger partial charge in [0.25, 0.3) is 0 Å². The van der Waals surface area contributed by atoms with Gasteiger partial charge >= 0.3 is 0 Å². The molecule has 0 unspecified atom stereocenters. The first-order chi connectivity index (χ1) is 9.74. The molecule has 1 aliphatic rings. The summed E-state index contributed by atoms with van der Waals surface area (Å²) in [6.07, 6.45) is 3.11. The minimum absolute atomic E-state index is 0.122. The van der Waals surface area contributed by atoms with E-state index in [9.17, 15) is 9.18 Å². The molecular weight excluding hydrogens is 263 g/mol. The molecule has 0 radical (unpaired) electrons. The summed E-state index contributed by atoms with van der Waals surface area (Å²) in [5.41, 5.74) is 0.697. The molecule has 0 spiro atoms. The van der Waals surface area contributed by atoms with Crippen LogP contribution in [-0.2, 0) is 4.79 Å². The van der Waals surface area contributed by atoms with Gasteiger partial charge in [-0.15, -0.1) is 5.10 Å².